The van der Waals surface area contributed by atoms with E-state index in [9.17, 15) is 4.79 Å². The smallest absolute Gasteiger partial charge is 0.267 e. The molecule has 124 valence electrons. The molecular weight excluding hydrogens is 290 g/mol. The number of unbranched alkanes of at least 4 members (excludes halogenated alkanes) is 1. The molecule has 1 aromatic carbocycles. The SMILES string of the molecule is CCCCOCCCN/C=C(/C#N)C(=O)Nc1cccc(C)c1. The standard InChI is InChI=1S/C18H25N3O2/c1-3-4-10-23-11-6-9-20-14-16(13-19)18(22)21-17-8-5-7-15(2)12-17/h5,7-8,12,14,20H,3-4,6,9-11H2,1-2H3,(H,21,22)/b16-14-. The lowest BCUT2D eigenvalue weighted by atomic mass is 10.2. The van der Waals surface area contributed by atoms with Crippen LogP contribution in [0.5, 0.6) is 0 Å². The molecular formula is C18H25N3O2. The number of anilines is 1. The number of ether oxygens (including phenoxy) is 1. The van der Waals surface area contributed by atoms with Gasteiger partial charge in [0.15, 0.2) is 0 Å². The van der Waals surface area contributed by atoms with Gasteiger partial charge in [0.2, 0.25) is 0 Å². The van der Waals surface area contributed by atoms with Gasteiger partial charge in [-0.25, -0.2) is 0 Å². The van der Waals surface area contributed by atoms with Gasteiger partial charge >= 0.3 is 0 Å². The van der Waals surface area contributed by atoms with Gasteiger partial charge in [0, 0.05) is 31.6 Å². The molecule has 2 N–H and O–H groups in total. The molecule has 0 saturated heterocycles. The van der Waals surface area contributed by atoms with Crippen molar-refractivity contribution in [3.8, 4) is 6.07 Å². The van der Waals surface area contributed by atoms with Crippen LogP contribution in [0.4, 0.5) is 5.69 Å². The Kier molecular flexibility index (Phi) is 9.18. The molecule has 0 fully saturated rings. The number of hydrogen-bond donors (Lipinski definition) is 2. The van der Waals surface area contributed by atoms with Crippen LogP contribution in [-0.2, 0) is 9.53 Å². The maximum absolute atomic E-state index is 12.0. The molecule has 1 aromatic rings. The van der Waals surface area contributed by atoms with Crippen molar-refractivity contribution < 1.29 is 9.53 Å². The zero-order valence-corrected chi connectivity index (χ0v) is 13.9. The van der Waals surface area contributed by atoms with E-state index >= 15 is 0 Å². The zero-order chi connectivity index (χ0) is 16.9. The Bertz CT molecular complexity index is 562. The number of rotatable bonds is 10. The first kappa shape index (κ1) is 18.7. The van der Waals surface area contributed by atoms with Gasteiger partial charge in [-0.3, -0.25) is 4.79 Å². The molecule has 0 unspecified atom stereocenters. The van der Waals surface area contributed by atoms with Crippen molar-refractivity contribution in [2.45, 2.75) is 33.1 Å². The fourth-order valence-electron chi connectivity index (χ4n) is 1.87. The van der Waals surface area contributed by atoms with Crippen molar-refractivity contribution in [2.75, 3.05) is 25.1 Å². The number of amides is 1. The van der Waals surface area contributed by atoms with Gasteiger partial charge in [0.1, 0.15) is 11.6 Å². The van der Waals surface area contributed by atoms with E-state index < -0.39 is 5.91 Å². The van der Waals surface area contributed by atoms with Crippen molar-refractivity contribution >= 4 is 11.6 Å². The Morgan fingerprint density at radius 2 is 2.13 bits per heavy atom. The Morgan fingerprint density at radius 3 is 2.83 bits per heavy atom. The summed E-state index contributed by atoms with van der Waals surface area (Å²) in [4.78, 5) is 12.0. The lowest BCUT2D eigenvalue weighted by Crippen LogP contribution is -2.18. The third kappa shape index (κ3) is 8.03. The van der Waals surface area contributed by atoms with Gasteiger partial charge in [-0.2, -0.15) is 5.26 Å². The first-order valence-electron chi connectivity index (χ1n) is 7.96. The molecule has 1 amide bonds. The topological polar surface area (TPSA) is 74.1 Å². The normalized spacial score (nSPS) is 10.9. The van der Waals surface area contributed by atoms with Gasteiger partial charge in [-0.15, -0.1) is 0 Å². The highest BCUT2D eigenvalue weighted by molar-refractivity contribution is 6.06. The molecule has 0 radical (unpaired) electrons. The van der Waals surface area contributed by atoms with Crippen LogP contribution < -0.4 is 10.6 Å². The highest BCUT2D eigenvalue weighted by Gasteiger charge is 2.08. The second kappa shape index (κ2) is 11.3. The Hall–Kier alpha value is -2.32. The fourth-order valence-corrected chi connectivity index (χ4v) is 1.87. The van der Waals surface area contributed by atoms with Crippen LogP contribution in [0.25, 0.3) is 0 Å². The van der Waals surface area contributed by atoms with E-state index in [-0.39, 0.29) is 5.57 Å². The number of nitrogens with one attached hydrogen (secondary N) is 2. The zero-order valence-electron chi connectivity index (χ0n) is 13.9. The summed E-state index contributed by atoms with van der Waals surface area (Å²) in [5.74, 6) is -0.412. The molecule has 0 aliphatic rings. The van der Waals surface area contributed by atoms with Crippen molar-refractivity contribution in [3.05, 3.63) is 41.6 Å². The minimum Gasteiger partial charge on any atom is -0.390 e. The van der Waals surface area contributed by atoms with E-state index in [1.807, 2.05) is 31.2 Å². The molecule has 0 saturated carbocycles. The molecule has 1 rings (SSSR count). The van der Waals surface area contributed by atoms with Crippen molar-refractivity contribution in [3.63, 3.8) is 0 Å². The number of nitrogens with zero attached hydrogens (tertiary/aromatic N) is 1. The lowest BCUT2D eigenvalue weighted by Gasteiger charge is -2.06. The molecule has 0 atom stereocenters. The van der Waals surface area contributed by atoms with Crippen LogP contribution in [0, 0.1) is 18.3 Å². The number of nitriles is 1. The summed E-state index contributed by atoms with van der Waals surface area (Å²) < 4.78 is 5.44. The van der Waals surface area contributed by atoms with Crippen LogP contribution in [0.2, 0.25) is 0 Å². The molecule has 0 bridgehead atoms. The summed E-state index contributed by atoms with van der Waals surface area (Å²) in [6.07, 6.45) is 4.49. The predicted molar refractivity (Wildman–Crippen MR) is 91.9 cm³/mol. The second-order valence-corrected chi connectivity index (χ2v) is 5.27. The summed E-state index contributed by atoms with van der Waals surface area (Å²) >= 11 is 0. The Balaban J connectivity index is 2.34. The van der Waals surface area contributed by atoms with Gasteiger partial charge in [0.05, 0.1) is 0 Å². The monoisotopic (exact) mass is 315 g/mol. The largest absolute Gasteiger partial charge is 0.390 e. The third-order valence-electron chi connectivity index (χ3n) is 3.14. The summed E-state index contributed by atoms with van der Waals surface area (Å²) in [5, 5.41) is 14.8. The summed E-state index contributed by atoms with van der Waals surface area (Å²) in [7, 11) is 0. The van der Waals surface area contributed by atoms with E-state index in [1.165, 1.54) is 6.20 Å². The summed E-state index contributed by atoms with van der Waals surface area (Å²) in [5.41, 5.74) is 1.78. The molecule has 0 aromatic heterocycles. The number of hydrogen-bond acceptors (Lipinski definition) is 4. The van der Waals surface area contributed by atoms with Crippen LogP contribution in [0.1, 0.15) is 31.7 Å². The minimum atomic E-state index is -0.412. The molecule has 23 heavy (non-hydrogen) atoms. The van der Waals surface area contributed by atoms with E-state index in [0.717, 1.165) is 31.4 Å². The fraction of sp³-hybridized carbons (Fsp3) is 0.444. The molecule has 0 spiro atoms. The first-order valence-corrected chi connectivity index (χ1v) is 7.96. The van der Waals surface area contributed by atoms with E-state index in [0.29, 0.717) is 18.8 Å². The molecule has 0 aliphatic carbocycles. The number of benzene rings is 1. The average molecular weight is 315 g/mol. The molecule has 5 heteroatoms. The molecule has 5 nitrogen and oxygen atoms in total. The van der Waals surface area contributed by atoms with E-state index in [4.69, 9.17) is 10.00 Å². The van der Waals surface area contributed by atoms with Gasteiger partial charge < -0.3 is 15.4 Å². The number of carbonyl (C=O) groups excluding carboxylic acids is 1. The number of aryl methyl sites for hydroxylation is 1. The van der Waals surface area contributed by atoms with Crippen molar-refractivity contribution in [1.29, 1.82) is 5.26 Å². The summed E-state index contributed by atoms with van der Waals surface area (Å²) in [6.45, 7) is 6.20. The first-order chi connectivity index (χ1) is 11.2. The quantitative estimate of drug-likeness (QED) is 0.395. The molecule has 0 aliphatic heterocycles. The Morgan fingerprint density at radius 1 is 1.35 bits per heavy atom. The van der Waals surface area contributed by atoms with Crippen molar-refractivity contribution in [1.82, 2.24) is 5.32 Å². The van der Waals surface area contributed by atoms with Gasteiger partial charge in [-0.1, -0.05) is 25.5 Å². The van der Waals surface area contributed by atoms with Crippen LogP contribution >= 0.6 is 0 Å². The average Bonchev–Trinajstić information content (AvgIpc) is 2.53. The van der Waals surface area contributed by atoms with Crippen LogP contribution in [-0.4, -0.2) is 25.7 Å². The molecule has 0 heterocycles. The third-order valence-corrected chi connectivity index (χ3v) is 3.14. The van der Waals surface area contributed by atoms with E-state index in [2.05, 4.69) is 17.6 Å². The highest BCUT2D eigenvalue weighted by Crippen LogP contribution is 2.10. The van der Waals surface area contributed by atoms with Gasteiger partial charge in [-0.05, 0) is 37.5 Å². The van der Waals surface area contributed by atoms with Crippen molar-refractivity contribution in [2.24, 2.45) is 0 Å². The maximum atomic E-state index is 12.0. The maximum Gasteiger partial charge on any atom is 0.267 e. The second-order valence-electron chi connectivity index (χ2n) is 5.27. The van der Waals surface area contributed by atoms with E-state index in [1.54, 1.807) is 6.07 Å². The van der Waals surface area contributed by atoms with Gasteiger partial charge in [0.25, 0.3) is 5.91 Å². The highest BCUT2D eigenvalue weighted by atomic mass is 16.5. The van der Waals surface area contributed by atoms with Crippen LogP contribution in [0.3, 0.4) is 0 Å². The Labute approximate surface area is 138 Å². The lowest BCUT2D eigenvalue weighted by molar-refractivity contribution is -0.112. The predicted octanol–water partition coefficient (Wildman–Crippen LogP) is 3.14. The number of carbonyl (C=O) groups is 1. The van der Waals surface area contributed by atoms with Crippen LogP contribution in [0.15, 0.2) is 36.0 Å². The minimum absolute atomic E-state index is 0.0541. The summed E-state index contributed by atoms with van der Waals surface area (Å²) in [6, 6.07) is 9.36.